The molecule has 1 atom stereocenters. The van der Waals surface area contributed by atoms with Gasteiger partial charge >= 0.3 is 5.97 Å². The highest BCUT2D eigenvalue weighted by atomic mass is 16.6. The lowest BCUT2D eigenvalue weighted by Gasteiger charge is -2.23. The van der Waals surface area contributed by atoms with Crippen LogP contribution in [0.15, 0.2) is 12.2 Å². The lowest BCUT2D eigenvalue weighted by molar-refractivity contribution is -0.142. The van der Waals surface area contributed by atoms with Gasteiger partial charge in [0.1, 0.15) is 0 Å². The summed E-state index contributed by atoms with van der Waals surface area (Å²) in [5.41, 5.74) is 0.480. The molecule has 0 aliphatic carbocycles. The first-order valence-corrected chi connectivity index (χ1v) is 5.35. The van der Waals surface area contributed by atoms with Gasteiger partial charge in [-0.1, -0.05) is 20.4 Å². The van der Waals surface area contributed by atoms with Crippen molar-refractivity contribution in [3.8, 4) is 0 Å². The fourth-order valence-electron chi connectivity index (χ4n) is 1.24. The molecular weight excluding hydrogens is 192 g/mol. The summed E-state index contributed by atoms with van der Waals surface area (Å²) in [4.78, 5) is 11.2. The predicted octanol–water partition coefficient (Wildman–Crippen LogP) is 2.31. The molecule has 0 spiro atoms. The van der Waals surface area contributed by atoms with Crippen LogP contribution in [0.5, 0.6) is 0 Å². The molecule has 0 radical (unpaired) electrons. The van der Waals surface area contributed by atoms with Crippen LogP contribution >= 0.6 is 0 Å². The van der Waals surface area contributed by atoms with E-state index >= 15 is 0 Å². The average molecular weight is 212 g/mol. The van der Waals surface area contributed by atoms with E-state index in [1.165, 1.54) is 0 Å². The zero-order valence-electron chi connectivity index (χ0n) is 9.84. The van der Waals surface area contributed by atoms with Gasteiger partial charge in [0.05, 0.1) is 19.3 Å². The van der Waals surface area contributed by atoms with Crippen molar-refractivity contribution in [1.29, 1.82) is 0 Å². The Hall–Kier alpha value is -0.830. The maximum atomic E-state index is 11.2. The van der Waals surface area contributed by atoms with Gasteiger partial charge in [0, 0.05) is 5.57 Å². The van der Waals surface area contributed by atoms with Crippen molar-refractivity contribution in [1.82, 2.24) is 0 Å². The first kappa shape index (κ1) is 12.2. The second-order valence-electron chi connectivity index (χ2n) is 5.01. The largest absolute Gasteiger partial charge is 0.462 e. The molecule has 0 aromatic rings. The number of hydrogen-bond acceptors (Lipinski definition) is 3. The molecule has 86 valence electrons. The lowest BCUT2D eigenvalue weighted by Crippen LogP contribution is -2.22. The third-order valence-corrected chi connectivity index (χ3v) is 2.49. The lowest BCUT2D eigenvalue weighted by atomic mass is 9.88. The average Bonchev–Trinajstić information content (AvgIpc) is 2.94. The standard InChI is InChI=1S/C12H20O3/c1-9(2)11(13)15-8-12(3,4)6-5-10-7-14-10/h10H,1,5-8H2,2-4H3. The molecule has 1 fully saturated rings. The second kappa shape index (κ2) is 4.79. The molecule has 15 heavy (non-hydrogen) atoms. The van der Waals surface area contributed by atoms with E-state index in [-0.39, 0.29) is 11.4 Å². The number of epoxide rings is 1. The van der Waals surface area contributed by atoms with Crippen molar-refractivity contribution in [2.45, 2.75) is 39.7 Å². The highest BCUT2D eigenvalue weighted by molar-refractivity contribution is 5.86. The first-order valence-electron chi connectivity index (χ1n) is 5.35. The molecule has 0 amide bonds. The summed E-state index contributed by atoms with van der Waals surface area (Å²) >= 11 is 0. The van der Waals surface area contributed by atoms with Crippen molar-refractivity contribution in [2.24, 2.45) is 5.41 Å². The van der Waals surface area contributed by atoms with Crippen LogP contribution in [0.3, 0.4) is 0 Å². The Morgan fingerprint density at radius 1 is 1.60 bits per heavy atom. The van der Waals surface area contributed by atoms with Crippen LogP contribution in [0.2, 0.25) is 0 Å². The number of esters is 1. The van der Waals surface area contributed by atoms with E-state index in [2.05, 4.69) is 20.4 Å². The SMILES string of the molecule is C=C(C)C(=O)OCC(C)(C)CCC1CO1. The summed E-state index contributed by atoms with van der Waals surface area (Å²) in [5, 5.41) is 0. The van der Waals surface area contributed by atoms with Crippen LogP contribution in [0.4, 0.5) is 0 Å². The number of carbonyl (C=O) groups excluding carboxylic acids is 1. The topological polar surface area (TPSA) is 38.8 Å². The molecule has 1 aliphatic heterocycles. The van der Waals surface area contributed by atoms with Crippen molar-refractivity contribution in [3.63, 3.8) is 0 Å². The minimum atomic E-state index is -0.300. The van der Waals surface area contributed by atoms with Gasteiger partial charge < -0.3 is 9.47 Å². The molecular formula is C12H20O3. The summed E-state index contributed by atoms with van der Waals surface area (Å²) in [6.07, 6.45) is 2.51. The fraction of sp³-hybridized carbons (Fsp3) is 0.750. The molecule has 0 saturated carbocycles. The number of carbonyl (C=O) groups is 1. The van der Waals surface area contributed by atoms with E-state index in [9.17, 15) is 4.79 Å². The first-order chi connectivity index (χ1) is 6.91. The van der Waals surface area contributed by atoms with E-state index in [0.717, 1.165) is 19.4 Å². The Morgan fingerprint density at radius 3 is 2.67 bits per heavy atom. The molecule has 0 bridgehead atoms. The van der Waals surface area contributed by atoms with Crippen molar-refractivity contribution >= 4 is 5.97 Å². The summed E-state index contributed by atoms with van der Waals surface area (Å²) in [6, 6.07) is 0. The number of hydrogen-bond donors (Lipinski definition) is 0. The summed E-state index contributed by atoms with van der Waals surface area (Å²) in [6.45, 7) is 10.7. The van der Waals surface area contributed by atoms with Gasteiger partial charge in [-0.25, -0.2) is 4.79 Å². The number of ether oxygens (including phenoxy) is 2. The van der Waals surface area contributed by atoms with Crippen LogP contribution in [0.1, 0.15) is 33.6 Å². The van der Waals surface area contributed by atoms with Crippen LogP contribution in [0, 0.1) is 5.41 Å². The Bertz CT molecular complexity index is 252. The zero-order chi connectivity index (χ0) is 11.5. The Balaban J connectivity index is 2.21. The minimum Gasteiger partial charge on any atom is -0.462 e. The molecule has 3 heteroatoms. The van der Waals surface area contributed by atoms with Gasteiger partial charge in [-0.15, -0.1) is 0 Å². The summed E-state index contributed by atoms with van der Waals surface area (Å²) < 4.78 is 10.3. The van der Waals surface area contributed by atoms with Crippen LogP contribution in [-0.4, -0.2) is 25.3 Å². The third kappa shape index (κ3) is 4.98. The summed E-state index contributed by atoms with van der Waals surface area (Å²) in [5.74, 6) is -0.300. The van der Waals surface area contributed by atoms with Crippen molar-refractivity contribution in [3.05, 3.63) is 12.2 Å². The second-order valence-corrected chi connectivity index (χ2v) is 5.01. The summed E-state index contributed by atoms with van der Waals surface area (Å²) in [7, 11) is 0. The molecule has 1 heterocycles. The predicted molar refractivity (Wildman–Crippen MR) is 58.5 cm³/mol. The van der Waals surface area contributed by atoms with Crippen molar-refractivity contribution < 1.29 is 14.3 Å². The smallest absolute Gasteiger partial charge is 0.333 e. The van der Waals surface area contributed by atoms with Gasteiger partial charge in [0.15, 0.2) is 0 Å². The third-order valence-electron chi connectivity index (χ3n) is 2.49. The normalized spacial score (nSPS) is 19.8. The monoisotopic (exact) mass is 212 g/mol. The van der Waals surface area contributed by atoms with Crippen molar-refractivity contribution in [2.75, 3.05) is 13.2 Å². The number of rotatable bonds is 6. The van der Waals surface area contributed by atoms with Crippen LogP contribution in [0.25, 0.3) is 0 Å². The van der Waals surface area contributed by atoms with Gasteiger partial charge in [0.2, 0.25) is 0 Å². The van der Waals surface area contributed by atoms with E-state index in [0.29, 0.717) is 18.3 Å². The van der Waals surface area contributed by atoms with E-state index in [1.54, 1.807) is 6.92 Å². The highest BCUT2D eigenvalue weighted by Gasteiger charge is 2.27. The molecule has 0 aromatic heterocycles. The van der Waals surface area contributed by atoms with Gasteiger partial charge in [-0.3, -0.25) is 0 Å². The fourth-order valence-corrected chi connectivity index (χ4v) is 1.24. The van der Waals surface area contributed by atoms with Crippen LogP contribution < -0.4 is 0 Å². The van der Waals surface area contributed by atoms with E-state index in [1.807, 2.05) is 0 Å². The molecule has 1 unspecified atom stereocenters. The Morgan fingerprint density at radius 2 is 2.20 bits per heavy atom. The molecule has 1 saturated heterocycles. The maximum Gasteiger partial charge on any atom is 0.333 e. The highest BCUT2D eigenvalue weighted by Crippen LogP contribution is 2.27. The van der Waals surface area contributed by atoms with E-state index < -0.39 is 0 Å². The quantitative estimate of drug-likeness (QED) is 0.385. The molecule has 3 nitrogen and oxygen atoms in total. The molecule has 1 aliphatic rings. The zero-order valence-corrected chi connectivity index (χ0v) is 9.84. The minimum absolute atomic E-state index is 0.0249. The van der Waals surface area contributed by atoms with Gasteiger partial charge in [-0.2, -0.15) is 0 Å². The molecule has 1 rings (SSSR count). The van der Waals surface area contributed by atoms with E-state index in [4.69, 9.17) is 9.47 Å². The maximum absolute atomic E-state index is 11.2. The van der Waals surface area contributed by atoms with Gasteiger partial charge in [0.25, 0.3) is 0 Å². The van der Waals surface area contributed by atoms with Crippen LogP contribution in [-0.2, 0) is 14.3 Å². The Kier molecular flexibility index (Phi) is 3.91. The molecule has 0 N–H and O–H groups in total. The Labute approximate surface area is 91.4 Å². The molecule has 0 aromatic carbocycles. The van der Waals surface area contributed by atoms with Gasteiger partial charge in [-0.05, 0) is 25.2 Å².